The van der Waals surface area contributed by atoms with Crippen molar-refractivity contribution in [2.45, 2.75) is 48.7 Å². The van der Waals surface area contributed by atoms with Crippen molar-refractivity contribution in [2.24, 2.45) is 0 Å². The minimum absolute atomic E-state index is 0.105. The lowest BCUT2D eigenvalue weighted by Gasteiger charge is -2.41. The molecule has 1 amide bonds. The molecule has 0 aromatic heterocycles. The quantitative estimate of drug-likeness (QED) is 0.771. The van der Waals surface area contributed by atoms with Gasteiger partial charge in [-0.25, -0.2) is 0 Å². The third kappa shape index (κ3) is 5.11. The second-order valence-electron chi connectivity index (χ2n) is 6.15. The van der Waals surface area contributed by atoms with Crippen LogP contribution >= 0.6 is 23.4 Å². The molecule has 126 valence electrons. The van der Waals surface area contributed by atoms with Crippen molar-refractivity contribution < 1.29 is 9.53 Å². The monoisotopic (exact) mass is 354 g/mol. The maximum absolute atomic E-state index is 12.1. The fourth-order valence-corrected chi connectivity index (χ4v) is 3.80. The number of amides is 1. The second kappa shape index (κ2) is 8.38. The summed E-state index contributed by atoms with van der Waals surface area (Å²) in [6, 6.07) is 8.82. The van der Waals surface area contributed by atoms with Crippen LogP contribution in [0.15, 0.2) is 29.2 Å². The predicted molar refractivity (Wildman–Crippen MR) is 94.1 cm³/mol. The van der Waals surface area contributed by atoms with E-state index in [0.29, 0.717) is 17.8 Å². The summed E-state index contributed by atoms with van der Waals surface area (Å²) in [6.07, 6.45) is 4.36. The topological polar surface area (TPSA) is 50.4 Å². The largest absolute Gasteiger partial charge is 0.381 e. The molecular formula is C17H23ClN2O2S. The van der Waals surface area contributed by atoms with Gasteiger partial charge in [-0.3, -0.25) is 4.79 Å². The van der Waals surface area contributed by atoms with E-state index in [2.05, 4.69) is 10.6 Å². The lowest BCUT2D eigenvalue weighted by atomic mass is 9.85. The SMILES string of the molecule is O=C(CSc1ccc(Cl)cc1)N[C@H]1CC[C@H]1NC1CCOCC1. The molecule has 2 aliphatic rings. The summed E-state index contributed by atoms with van der Waals surface area (Å²) < 4.78 is 5.38. The lowest BCUT2D eigenvalue weighted by Crippen LogP contribution is -2.59. The second-order valence-corrected chi connectivity index (χ2v) is 7.64. The summed E-state index contributed by atoms with van der Waals surface area (Å²) >= 11 is 7.41. The van der Waals surface area contributed by atoms with Crippen LogP contribution in [0.2, 0.25) is 5.02 Å². The van der Waals surface area contributed by atoms with Crippen LogP contribution in [0.4, 0.5) is 0 Å². The number of thioether (sulfide) groups is 1. The van der Waals surface area contributed by atoms with Crippen LogP contribution in [0.5, 0.6) is 0 Å². The van der Waals surface area contributed by atoms with Gasteiger partial charge in [-0.2, -0.15) is 0 Å². The molecule has 1 saturated carbocycles. The van der Waals surface area contributed by atoms with Crippen molar-refractivity contribution in [3.8, 4) is 0 Å². The Labute approximate surface area is 146 Å². The first-order chi connectivity index (χ1) is 11.2. The van der Waals surface area contributed by atoms with Gasteiger partial charge >= 0.3 is 0 Å². The number of rotatable bonds is 6. The number of carbonyl (C=O) groups excluding carboxylic acids is 1. The summed E-state index contributed by atoms with van der Waals surface area (Å²) in [4.78, 5) is 13.2. The third-order valence-corrected chi connectivity index (χ3v) is 5.74. The van der Waals surface area contributed by atoms with Gasteiger partial charge in [-0.15, -0.1) is 11.8 Å². The first-order valence-corrected chi connectivity index (χ1v) is 9.58. The van der Waals surface area contributed by atoms with Crippen LogP contribution < -0.4 is 10.6 Å². The Morgan fingerprint density at radius 2 is 1.83 bits per heavy atom. The fraction of sp³-hybridized carbons (Fsp3) is 0.588. The molecule has 1 aliphatic heterocycles. The van der Waals surface area contributed by atoms with Crippen LogP contribution in [-0.2, 0) is 9.53 Å². The summed E-state index contributed by atoms with van der Waals surface area (Å²) in [6.45, 7) is 1.69. The van der Waals surface area contributed by atoms with Crippen LogP contribution in [0, 0.1) is 0 Å². The predicted octanol–water partition coefficient (Wildman–Crippen LogP) is 2.85. The zero-order chi connectivity index (χ0) is 16.1. The smallest absolute Gasteiger partial charge is 0.230 e. The maximum Gasteiger partial charge on any atom is 0.230 e. The molecule has 2 N–H and O–H groups in total. The van der Waals surface area contributed by atoms with E-state index in [-0.39, 0.29) is 11.9 Å². The minimum atomic E-state index is 0.105. The van der Waals surface area contributed by atoms with Crippen molar-refractivity contribution in [1.29, 1.82) is 0 Å². The van der Waals surface area contributed by atoms with Crippen molar-refractivity contribution >= 4 is 29.3 Å². The Kier molecular flexibility index (Phi) is 6.22. The van der Waals surface area contributed by atoms with E-state index in [0.717, 1.165) is 48.8 Å². The fourth-order valence-electron chi connectivity index (χ4n) is 2.97. The van der Waals surface area contributed by atoms with E-state index in [9.17, 15) is 4.79 Å². The Balaban J connectivity index is 1.38. The van der Waals surface area contributed by atoms with Gasteiger partial charge in [-0.1, -0.05) is 11.6 Å². The average molecular weight is 355 g/mol. The molecule has 6 heteroatoms. The van der Waals surface area contributed by atoms with Crippen LogP contribution in [0.3, 0.4) is 0 Å². The Morgan fingerprint density at radius 1 is 1.13 bits per heavy atom. The zero-order valence-corrected chi connectivity index (χ0v) is 14.7. The molecule has 1 aliphatic carbocycles. The van der Waals surface area contributed by atoms with E-state index in [4.69, 9.17) is 16.3 Å². The molecule has 1 heterocycles. The molecule has 23 heavy (non-hydrogen) atoms. The van der Waals surface area contributed by atoms with Gasteiger partial charge in [0.1, 0.15) is 0 Å². The van der Waals surface area contributed by atoms with Gasteiger partial charge in [0.05, 0.1) is 5.75 Å². The zero-order valence-electron chi connectivity index (χ0n) is 13.1. The molecule has 1 aromatic rings. The minimum Gasteiger partial charge on any atom is -0.381 e. The van der Waals surface area contributed by atoms with Crippen molar-refractivity contribution in [3.63, 3.8) is 0 Å². The Morgan fingerprint density at radius 3 is 2.48 bits per heavy atom. The van der Waals surface area contributed by atoms with Gasteiger partial charge in [0.2, 0.25) is 5.91 Å². The molecule has 0 bridgehead atoms. The lowest BCUT2D eigenvalue weighted by molar-refractivity contribution is -0.120. The van der Waals surface area contributed by atoms with Gasteiger partial charge < -0.3 is 15.4 Å². The van der Waals surface area contributed by atoms with Gasteiger partial charge in [0, 0.05) is 41.3 Å². The molecule has 2 fully saturated rings. The van der Waals surface area contributed by atoms with Crippen molar-refractivity contribution in [1.82, 2.24) is 10.6 Å². The van der Waals surface area contributed by atoms with Crippen LogP contribution in [0.25, 0.3) is 0 Å². The van der Waals surface area contributed by atoms with Gasteiger partial charge in [0.15, 0.2) is 0 Å². The van der Waals surface area contributed by atoms with Crippen LogP contribution in [0.1, 0.15) is 25.7 Å². The number of nitrogens with one attached hydrogen (secondary N) is 2. The number of benzene rings is 1. The summed E-state index contributed by atoms with van der Waals surface area (Å²) in [5.41, 5.74) is 0. The van der Waals surface area contributed by atoms with E-state index in [1.165, 1.54) is 0 Å². The number of ether oxygens (including phenoxy) is 1. The average Bonchev–Trinajstić information content (AvgIpc) is 2.57. The van der Waals surface area contributed by atoms with Crippen molar-refractivity contribution in [3.05, 3.63) is 29.3 Å². The van der Waals surface area contributed by atoms with E-state index in [1.807, 2.05) is 24.3 Å². The molecule has 1 aromatic carbocycles. The Bertz CT molecular complexity index is 520. The molecule has 0 spiro atoms. The normalized spacial score (nSPS) is 24.9. The maximum atomic E-state index is 12.1. The summed E-state index contributed by atoms with van der Waals surface area (Å²) in [5.74, 6) is 0.552. The third-order valence-electron chi connectivity index (χ3n) is 4.48. The van der Waals surface area contributed by atoms with Gasteiger partial charge in [-0.05, 0) is 49.9 Å². The van der Waals surface area contributed by atoms with E-state index in [1.54, 1.807) is 11.8 Å². The number of carbonyl (C=O) groups is 1. The first-order valence-electron chi connectivity index (χ1n) is 8.22. The molecule has 3 rings (SSSR count). The number of hydrogen-bond acceptors (Lipinski definition) is 4. The Hall–Kier alpha value is -0.750. The van der Waals surface area contributed by atoms with Crippen LogP contribution in [-0.4, -0.2) is 43.0 Å². The molecular weight excluding hydrogens is 332 g/mol. The highest BCUT2D eigenvalue weighted by Crippen LogP contribution is 2.23. The molecule has 0 unspecified atom stereocenters. The highest BCUT2D eigenvalue weighted by atomic mass is 35.5. The first kappa shape index (κ1) is 17.1. The highest BCUT2D eigenvalue weighted by Gasteiger charge is 2.33. The number of halogens is 1. The van der Waals surface area contributed by atoms with E-state index >= 15 is 0 Å². The summed E-state index contributed by atoms with van der Waals surface area (Å²) in [7, 11) is 0. The molecule has 4 nitrogen and oxygen atoms in total. The highest BCUT2D eigenvalue weighted by molar-refractivity contribution is 8.00. The molecule has 0 radical (unpaired) electrons. The standard InChI is InChI=1S/C17H23ClN2O2S/c18-12-1-3-14(4-2-12)23-11-17(21)20-16-6-5-15(16)19-13-7-9-22-10-8-13/h1-4,13,15-16,19H,5-11H2,(H,20,21)/t15-,16+/m1/s1. The number of hydrogen-bond donors (Lipinski definition) is 2. The van der Waals surface area contributed by atoms with E-state index < -0.39 is 0 Å². The molecule has 1 saturated heterocycles. The summed E-state index contributed by atoms with van der Waals surface area (Å²) in [5, 5.41) is 7.55. The van der Waals surface area contributed by atoms with Crippen molar-refractivity contribution in [2.75, 3.05) is 19.0 Å². The molecule has 2 atom stereocenters. The van der Waals surface area contributed by atoms with Gasteiger partial charge in [0.25, 0.3) is 0 Å².